The Kier molecular flexibility index (Phi) is 6.47. The minimum atomic E-state index is -3.52. The molecule has 1 aliphatic rings. The number of benzene rings is 1. The molecule has 3 aromatic rings. The predicted molar refractivity (Wildman–Crippen MR) is 126 cm³/mol. The molecule has 1 aromatic carbocycles. The number of piperazine rings is 1. The van der Waals surface area contributed by atoms with Crippen molar-refractivity contribution in [3.05, 3.63) is 65.7 Å². The number of thiophene rings is 1. The summed E-state index contributed by atoms with van der Waals surface area (Å²) in [4.78, 5) is 7.79. The molecule has 4 rings (SSSR count). The van der Waals surface area contributed by atoms with Crippen molar-refractivity contribution in [3.63, 3.8) is 0 Å². The first-order chi connectivity index (χ1) is 14.9. The van der Waals surface area contributed by atoms with Gasteiger partial charge in [-0.05, 0) is 48.7 Å². The Morgan fingerprint density at radius 3 is 2.42 bits per heavy atom. The van der Waals surface area contributed by atoms with Crippen molar-refractivity contribution in [2.24, 2.45) is 5.10 Å². The maximum Gasteiger partial charge on any atom is 0.244 e. The second kappa shape index (κ2) is 9.27. The Labute approximate surface area is 187 Å². The van der Waals surface area contributed by atoms with Gasteiger partial charge in [0.15, 0.2) is 0 Å². The van der Waals surface area contributed by atoms with E-state index in [0.717, 1.165) is 24.4 Å². The summed E-state index contributed by atoms with van der Waals surface area (Å²) in [5.74, 6) is 0.492. The second-order valence-corrected chi connectivity index (χ2v) is 10.3. The van der Waals surface area contributed by atoms with E-state index in [1.165, 1.54) is 20.9 Å². The van der Waals surface area contributed by atoms with Crippen molar-refractivity contribution in [2.45, 2.75) is 11.8 Å². The maximum absolute atomic E-state index is 12.8. The van der Waals surface area contributed by atoms with Gasteiger partial charge in [-0.15, -0.1) is 11.3 Å². The largest absolute Gasteiger partial charge is 0.304 e. The van der Waals surface area contributed by atoms with Crippen LogP contribution in [0.4, 0.5) is 5.82 Å². The molecule has 0 aliphatic carbocycles. The molecule has 3 heterocycles. The number of nitrogens with one attached hydrogen (secondary N) is 1. The molecule has 0 bridgehead atoms. The fraction of sp³-hybridized carbons (Fsp3) is 0.273. The van der Waals surface area contributed by atoms with E-state index in [1.807, 2.05) is 32.2 Å². The molecule has 0 amide bonds. The average Bonchev–Trinajstić information content (AvgIpc) is 3.33. The summed E-state index contributed by atoms with van der Waals surface area (Å²) in [6.45, 7) is 4.36. The number of rotatable bonds is 6. The summed E-state index contributed by atoms with van der Waals surface area (Å²) >= 11 is 1.71. The van der Waals surface area contributed by atoms with E-state index < -0.39 is 10.0 Å². The van der Waals surface area contributed by atoms with Gasteiger partial charge in [-0.3, -0.25) is 5.43 Å². The molecule has 1 N–H and O–H groups in total. The minimum Gasteiger partial charge on any atom is -0.304 e. The first-order valence-electron chi connectivity index (χ1n) is 10.0. The fourth-order valence-electron chi connectivity index (χ4n) is 3.30. The standard InChI is InChI=1S/C22H25N5O2S2/c1-17(18-5-7-19(8-6-18)21-4-3-15-30-21)24-25-22-10-9-20(16-23-22)31(28,29)27-13-11-26(2)12-14-27/h3-10,15-16H,11-14H2,1-2H3,(H,23,25). The van der Waals surface area contributed by atoms with Crippen molar-refractivity contribution in [1.82, 2.24) is 14.2 Å². The van der Waals surface area contributed by atoms with Crippen LogP contribution in [0, 0.1) is 0 Å². The van der Waals surface area contributed by atoms with Gasteiger partial charge in [0.25, 0.3) is 0 Å². The summed E-state index contributed by atoms with van der Waals surface area (Å²) in [5, 5.41) is 6.45. The van der Waals surface area contributed by atoms with E-state index in [1.54, 1.807) is 23.5 Å². The molecule has 0 atom stereocenters. The zero-order valence-electron chi connectivity index (χ0n) is 17.5. The predicted octanol–water partition coefficient (Wildman–Crippen LogP) is 3.58. The van der Waals surface area contributed by atoms with Gasteiger partial charge in [-0.25, -0.2) is 13.4 Å². The van der Waals surface area contributed by atoms with Crippen LogP contribution in [0.1, 0.15) is 12.5 Å². The highest BCUT2D eigenvalue weighted by Crippen LogP contribution is 2.25. The third kappa shape index (κ3) is 5.01. The number of sulfonamides is 1. The van der Waals surface area contributed by atoms with E-state index in [2.05, 4.69) is 44.0 Å². The fourth-order valence-corrected chi connectivity index (χ4v) is 5.40. The summed E-state index contributed by atoms with van der Waals surface area (Å²) < 4.78 is 27.1. The smallest absolute Gasteiger partial charge is 0.244 e. The molecule has 0 unspecified atom stereocenters. The maximum atomic E-state index is 12.8. The molecule has 2 aromatic heterocycles. The molecular formula is C22H25N5O2S2. The third-order valence-corrected chi connectivity index (χ3v) is 8.08. The molecule has 0 saturated carbocycles. The Bertz CT molecular complexity index is 1130. The molecule has 162 valence electrons. The number of hydrazone groups is 1. The van der Waals surface area contributed by atoms with E-state index in [9.17, 15) is 8.42 Å². The van der Waals surface area contributed by atoms with Crippen LogP contribution >= 0.6 is 11.3 Å². The Morgan fingerprint density at radius 1 is 1.06 bits per heavy atom. The van der Waals surface area contributed by atoms with E-state index in [0.29, 0.717) is 18.9 Å². The van der Waals surface area contributed by atoms with Crippen LogP contribution in [0.25, 0.3) is 10.4 Å². The summed E-state index contributed by atoms with van der Waals surface area (Å²) in [6.07, 6.45) is 1.39. The van der Waals surface area contributed by atoms with Crippen LogP contribution in [0.3, 0.4) is 0 Å². The lowest BCUT2D eigenvalue weighted by Gasteiger charge is -2.31. The van der Waals surface area contributed by atoms with Gasteiger partial charge in [0.05, 0.1) is 5.71 Å². The summed E-state index contributed by atoms with van der Waals surface area (Å²) in [7, 11) is -1.53. The monoisotopic (exact) mass is 455 g/mol. The lowest BCUT2D eigenvalue weighted by Crippen LogP contribution is -2.47. The average molecular weight is 456 g/mol. The van der Waals surface area contributed by atoms with Crippen LogP contribution in [0.5, 0.6) is 0 Å². The van der Waals surface area contributed by atoms with Crippen LogP contribution < -0.4 is 5.43 Å². The van der Waals surface area contributed by atoms with Gasteiger partial charge >= 0.3 is 0 Å². The highest BCUT2D eigenvalue weighted by atomic mass is 32.2. The first kappa shape index (κ1) is 21.6. The molecule has 1 fully saturated rings. The van der Waals surface area contributed by atoms with Gasteiger partial charge in [0.1, 0.15) is 10.7 Å². The normalized spacial score (nSPS) is 16.4. The Morgan fingerprint density at radius 2 is 1.81 bits per heavy atom. The van der Waals surface area contributed by atoms with Crippen LogP contribution in [0.2, 0.25) is 0 Å². The first-order valence-corrected chi connectivity index (χ1v) is 12.3. The summed E-state index contributed by atoms with van der Waals surface area (Å²) in [5.41, 5.74) is 5.91. The van der Waals surface area contributed by atoms with Crippen molar-refractivity contribution >= 4 is 32.9 Å². The molecule has 31 heavy (non-hydrogen) atoms. The quantitative estimate of drug-likeness (QED) is 0.454. The number of hydrogen-bond donors (Lipinski definition) is 1. The number of aromatic nitrogens is 1. The zero-order valence-corrected chi connectivity index (χ0v) is 19.2. The van der Waals surface area contributed by atoms with Crippen LogP contribution in [0.15, 0.2) is 70.1 Å². The van der Waals surface area contributed by atoms with Gasteiger partial charge in [0, 0.05) is 37.3 Å². The van der Waals surface area contributed by atoms with Gasteiger partial charge in [0.2, 0.25) is 10.0 Å². The van der Waals surface area contributed by atoms with Gasteiger partial charge < -0.3 is 4.90 Å². The number of likely N-dealkylation sites (N-methyl/N-ethyl adjacent to an activating group) is 1. The number of pyridine rings is 1. The Hall–Kier alpha value is -2.59. The number of anilines is 1. The van der Waals surface area contributed by atoms with Crippen molar-refractivity contribution in [2.75, 3.05) is 38.7 Å². The van der Waals surface area contributed by atoms with E-state index in [4.69, 9.17) is 0 Å². The van der Waals surface area contributed by atoms with Crippen LogP contribution in [-0.2, 0) is 10.0 Å². The minimum absolute atomic E-state index is 0.201. The highest BCUT2D eigenvalue weighted by molar-refractivity contribution is 7.89. The lowest BCUT2D eigenvalue weighted by molar-refractivity contribution is 0.222. The molecular weight excluding hydrogens is 430 g/mol. The summed E-state index contributed by atoms with van der Waals surface area (Å²) in [6, 6.07) is 15.6. The van der Waals surface area contributed by atoms with E-state index in [-0.39, 0.29) is 4.90 Å². The molecule has 0 radical (unpaired) electrons. The topological polar surface area (TPSA) is 77.9 Å². The van der Waals surface area contributed by atoms with Crippen molar-refractivity contribution in [1.29, 1.82) is 0 Å². The highest BCUT2D eigenvalue weighted by Gasteiger charge is 2.27. The van der Waals surface area contributed by atoms with E-state index >= 15 is 0 Å². The van der Waals surface area contributed by atoms with Crippen molar-refractivity contribution < 1.29 is 8.42 Å². The third-order valence-electron chi connectivity index (χ3n) is 5.28. The molecule has 0 spiro atoms. The number of nitrogens with zero attached hydrogens (tertiary/aromatic N) is 4. The van der Waals surface area contributed by atoms with Crippen LogP contribution in [-0.4, -0.2) is 61.5 Å². The molecule has 1 saturated heterocycles. The molecule has 7 nitrogen and oxygen atoms in total. The molecule has 1 aliphatic heterocycles. The van der Waals surface area contributed by atoms with Crippen molar-refractivity contribution in [3.8, 4) is 10.4 Å². The molecule has 9 heteroatoms. The second-order valence-electron chi connectivity index (χ2n) is 7.45. The number of hydrogen-bond acceptors (Lipinski definition) is 7. The SMILES string of the molecule is CC(=NNc1ccc(S(=O)(=O)N2CCN(C)CC2)cn1)c1ccc(-c2cccs2)cc1. The zero-order chi connectivity index (χ0) is 21.8. The van der Waals surface area contributed by atoms with Gasteiger partial charge in [-0.1, -0.05) is 30.3 Å². The lowest BCUT2D eigenvalue weighted by atomic mass is 10.1. The van der Waals surface area contributed by atoms with Gasteiger partial charge in [-0.2, -0.15) is 9.41 Å². The Balaban J connectivity index is 1.41.